The van der Waals surface area contributed by atoms with Crippen molar-refractivity contribution in [3.05, 3.63) is 0 Å². The van der Waals surface area contributed by atoms with Crippen LogP contribution in [0.15, 0.2) is 0 Å². The third-order valence-electron chi connectivity index (χ3n) is 0. The first-order chi connectivity index (χ1) is 2.00. The molecule has 0 aliphatic rings. The summed E-state index contributed by atoms with van der Waals surface area (Å²) >= 11 is 2.33. The summed E-state index contributed by atoms with van der Waals surface area (Å²) in [5.41, 5.74) is 0. The second-order valence-electron chi connectivity index (χ2n) is 0. The van der Waals surface area contributed by atoms with Crippen LogP contribution in [-0.2, 0) is 7.61 Å². The Morgan fingerprint density at radius 2 is 0.500 bits per heavy atom. The van der Waals surface area contributed by atoms with Gasteiger partial charge in [0, 0.05) is 34.7 Å². The van der Waals surface area contributed by atoms with Crippen LogP contribution in [0.3, 0.4) is 0 Å². The van der Waals surface area contributed by atoms with Gasteiger partial charge >= 0.3 is 40.1 Å². The van der Waals surface area contributed by atoms with Crippen molar-refractivity contribution in [3.63, 3.8) is 0 Å². The third-order valence-corrected chi connectivity index (χ3v) is 0. The van der Waals surface area contributed by atoms with Gasteiger partial charge < -0.3 is 21.9 Å². The van der Waals surface area contributed by atoms with Crippen LogP contribution in [0.1, 0.15) is 0 Å². The van der Waals surface area contributed by atoms with E-state index in [0.717, 1.165) is 0 Å². The fraction of sp³-hybridized carbons (Fsp3) is 0. The molecule has 8 radical (unpaired) electrons. The maximum atomic E-state index is 8.17. The number of hydrogen-bond acceptors (Lipinski definition) is 2. The van der Waals surface area contributed by atoms with Gasteiger partial charge in [0.25, 0.3) is 0 Å². The second kappa shape index (κ2) is 393. The molecule has 8 N–H and O–H groups in total. The molecule has 0 aliphatic carbocycles. The van der Waals surface area contributed by atoms with Crippen LogP contribution in [0, 0.1) is 0 Å². The van der Waals surface area contributed by atoms with Crippen molar-refractivity contribution in [1.29, 1.82) is 0 Å². The van der Waals surface area contributed by atoms with E-state index in [1.807, 2.05) is 0 Å². The van der Waals surface area contributed by atoms with Crippen molar-refractivity contribution in [3.8, 4) is 0 Å². The fourth-order valence-electron chi connectivity index (χ4n) is 0. The summed E-state index contributed by atoms with van der Waals surface area (Å²) < 4.78 is 16.3. The quantitative estimate of drug-likeness (QED) is 0.367. The zero-order valence-corrected chi connectivity index (χ0v) is 9.74. The van der Waals surface area contributed by atoms with E-state index in [-0.39, 0.29) is 56.6 Å². The molecular weight excluding hydrogens is 204 g/mol. The summed E-state index contributed by atoms with van der Waals surface area (Å²) in [5, 5.41) is 0. The first kappa shape index (κ1) is 101. The van der Waals surface area contributed by atoms with Crippen molar-refractivity contribution < 1.29 is 29.5 Å². The molecule has 0 aromatic heterocycles. The van der Waals surface area contributed by atoms with Crippen molar-refractivity contribution in [1.82, 2.24) is 0 Å². The predicted octanol–water partition coefficient (Wildman–Crippen LogP) is -5.06. The Morgan fingerprint density at radius 3 is 0.500 bits per heavy atom. The molecular formula is H8Al4O6. The molecule has 0 rings (SSSR count). The zero-order chi connectivity index (χ0) is 4.00. The normalized spacial score (nSPS) is 0.600. The average Bonchev–Trinajstić information content (AvgIpc) is 1.50. The molecule has 6 nitrogen and oxygen atoms in total. The van der Waals surface area contributed by atoms with E-state index in [4.69, 9.17) is 7.61 Å². The van der Waals surface area contributed by atoms with Gasteiger partial charge in [-0.15, -0.1) is 0 Å². The molecule has 0 unspecified atom stereocenters. The minimum absolute atomic E-state index is 0. The van der Waals surface area contributed by atoms with Gasteiger partial charge in [-0.1, -0.05) is 0 Å². The Balaban J connectivity index is -0.000000000833. The summed E-state index contributed by atoms with van der Waals surface area (Å²) in [6, 6.07) is 0. The van der Waals surface area contributed by atoms with E-state index in [0.29, 0.717) is 0 Å². The molecule has 0 amide bonds. The first-order valence-electron chi connectivity index (χ1n) is 0.471. The van der Waals surface area contributed by atoms with Gasteiger partial charge in [0.15, 0.2) is 0 Å². The van der Waals surface area contributed by atoms with Crippen molar-refractivity contribution in [2.45, 2.75) is 0 Å². The van der Waals surface area contributed by atoms with Gasteiger partial charge in [-0.25, -0.2) is 0 Å². The molecule has 0 aliphatic heterocycles. The van der Waals surface area contributed by atoms with Gasteiger partial charge in [-0.2, -0.15) is 0 Å². The van der Waals surface area contributed by atoms with Crippen LogP contribution in [0.2, 0.25) is 0 Å². The molecule has 0 aromatic carbocycles. The third kappa shape index (κ3) is 285. The van der Waals surface area contributed by atoms with Gasteiger partial charge in [0.1, 0.15) is 0 Å². The Kier molecular flexibility index (Phi) is 3980. The molecule has 0 bridgehead atoms. The summed E-state index contributed by atoms with van der Waals surface area (Å²) in [7, 11) is 0. The topological polar surface area (TPSA) is 160 Å². The molecule has 10 heavy (non-hydrogen) atoms. The van der Waals surface area contributed by atoms with Crippen LogP contribution in [0.5, 0.6) is 0 Å². The van der Waals surface area contributed by atoms with Crippen molar-refractivity contribution in [2.75, 3.05) is 0 Å². The van der Waals surface area contributed by atoms with E-state index in [9.17, 15) is 0 Å². The van der Waals surface area contributed by atoms with Gasteiger partial charge in [-0.05, 0) is 0 Å². The van der Waals surface area contributed by atoms with Gasteiger partial charge in [0.2, 0.25) is 0 Å². The van der Waals surface area contributed by atoms with E-state index in [1.54, 1.807) is 0 Å². The van der Waals surface area contributed by atoms with Crippen LogP contribution in [-0.4, -0.2) is 89.1 Å². The maximum absolute atomic E-state index is 8.17. The summed E-state index contributed by atoms with van der Waals surface area (Å²) in [4.78, 5) is 0. The van der Waals surface area contributed by atoms with Crippen molar-refractivity contribution in [2.24, 2.45) is 0 Å². The van der Waals surface area contributed by atoms with E-state index in [2.05, 4.69) is 0 Å². The zero-order valence-electron chi connectivity index (χ0n) is 5.13. The number of rotatable bonds is 0. The van der Waals surface area contributed by atoms with Crippen molar-refractivity contribution >= 4 is 67.2 Å². The van der Waals surface area contributed by atoms with Crippen LogP contribution >= 0.6 is 0 Å². The molecule has 0 saturated carbocycles. The first-order valence-corrected chi connectivity index (χ1v) is 1.41. The average molecular weight is 212 g/mol. The summed E-state index contributed by atoms with van der Waals surface area (Å²) in [5.74, 6) is 0. The molecule has 10 heteroatoms. The van der Waals surface area contributed by atoms with E-state index >= 15 is 0 Å². The number of hydrogen-bond donors (Lipinski definition) is 0. The summed E-state index contributed by atoms with van der Waals surface area (Å²) in [6.07, 6.45) is 0. The standard InChI is InChI=1S/4Al.4H2O.2O/h;;;;4*1H2;;. The van der Waals surface area contributed by atoms with Gasteiger partial charge in [-0.3, -0.25) is 0 Å². The van der Waals surface area contributed by atoms with Gasteiger partial charge in [0.05, 0.1) is 0 Å². The Labute approximate surface area is 96.1 Å². The molecule has 0 atom stereocenters. The molecule has 0 spiro atoms. The Bertz CT molecular complexity index is 11.7. The minimum atomic E-state index is 0. The summed E-state index contributed by atoms with van der Waals surface area (Å²) in [6.45, 7) is 0. The second-order valence-corrected chi connectivity index (χ2v) is 0. The van der Waals surface area contributed by atoms with Crippen LogP contribution in [0.4, 0.5) is 0 Å². The molecule has 0 fully saturated rings. The Hall–Kier alpha value is 1.57. The van der Waals surface area contributed by atoms with E-state index < -0.39 is 0 Å². The molecule has 56 valence electrons. The fourth-order valence-corrected chi connectivity index (χ4v) is 0. The SMILES string of the molecule is O.O.O.O.[Al].[Al].[O]=[Al].[O]=[Al]. The Morgan fingerprint density at radius 1 is 0.500 bits per heavy atom. The van der Waals surface area contributed by atoms with E-state index in [1.165, 1.54) is 32.4 Å². The van der Waals surface area contributed by atoms with Crippen LogP contribution in [0.25, 0.3) is 0 Å². The molecule has 0 heterocycles. The predicted molar refractivity (Wildman–Crippen MR) is 38.8 cm³/mol. The van der Waals surface area contributed by atoms with Crippen LogP contribution < -0.4 is 0 Å². The monoisotopic (exact) mass is 212 g/mol. The molecule has 0 aromatic rings. The molecule has 0 saturated heterocycles.